The predicted molar refractivity (Wildman–Crippen MR) is 79.3 cm³/mol. The number of likely N-dealkylation sites (tertiary alicyclic amines) is 1. The minimum absolute atomic E-state index is 0.244. The second-order valence-corrected chi connectivity index (χ2v) is 5.75. The van der Waals surface area contributed by atoms with Crippen molar-refractivity contribution >= 4 is 0 Å². The summed E-state index contributed by atoms with van der Waals surface area (Å²) in [7, 11) is 0. The third kappa shape index (κ3) is 6.21. The van der Waals surface area contributed by atoms with E-state index in [1.54, 1.807) is 0 Å². The number of unbranched alkanes of at least 4 members (excludes halogenated alkanes) is 2. The van der Waals surface area contributed by atoms with Crippen LogP contribution in [-0.4, -0.2) is 60.0 Å². The summed E-state index contributed by atoms with van der Waals surface area (Å²) >= 11 is 0. The van der Waals surface area contributed by atoms with Gasteiger partial charge in [0.1, 0.15) is 0 Å². The topological polar surface area (TPSA) is 55.7 Å². The van der Waals surface area contributed by atoms with E-state index in [9.17, 15) is 0 Å². The lowest BCUT2D eigenvalue weighted by molar-refractivity contribution is 0.123. The minimum Gasteiger partial charge on any atom is -0.396 e. The van der Waals surface area contributed by atoms with Crippen molar-refractivity contribution in [1.82, 2.24) is 10.2 Å². The van der Waals surface area contributed by atoms with Gasteiger partial charge in [-0.2, -0.15) is 0 Å². The zero-order valence-corrected chi connectivity index (χ0v) is 12.5. The average Bonchev–Trinajstić information content (AvgIpc) is 2.46. The third-order valence-electron chi connectivity index (χ3n) is 4.41. The van der Waals surface area contributed by atoms with Crippen LogP contribution < -0.4 is 5.32 Å². The molecule has 1 fully saturated rings. The van der Waals surface area contributed by atoms with E-state index in [-0.39, 0.29) is 5.54 Å². The molecule has 1 saturated heterocycles. The number of piperidine rings is 1. The molecule has 0 saturated carbocycles. The maximum atomic E-state index is 9.09. The molecule has 0 bridgehead atoms. The van der Waals surface area contributed by atoms with Crippen LogP contribution in [0.15, 0.2) is 0 Å². The second-order valence-electron chi connectivity index (χ2n) is 5.75. The van der Waals surface area contributed by atoms with Gasteiger partial charge < -0.3 is 20.4 Å². The number of aliphatic hydroxyl groups is 2. The zero-order chi connectivity index (χ0) is 14.0. The van der Waals surface area contributed by atoms with Gasteiger partial charge in [0.2, 0.25) is 0 Å². The molecule has 0 radical (unpaired) electrons. The molecule has 114 valence electrons. The van der Waals surface area contributed by atoms with Crippen molar-refractivity contribution < 1.29 is 10.2 Å². The Labute approximate surface area is 118 Å². The largest absolute Gasteiger partial charge is 0.396 e. The van der Waals surface area contributed by atoms with Crippen LogP contribution in [0.4, 0.5) is 0 Å². The average molecular weight is 272 g/mol. The highest BCUT2D eigenvalue weighted by Gasteiger charge is 2.32. The fraction of sp³-hybridized carbons (Fsp3) is 1.00. The monoisotopic (exact) mass is 272 g/mol. The van der Waals surface area contributed by atoms with Crippen molar-refractivity contribution in [2.24, 2.45) is 0 Å². The Morgan fingerprint density at radius 3 is 2.26 bits per heavy atom. The molecule has 0 aliphatic carbocycles. The van der Waals surface area contributed by atoms with E-state index < -0.39 is 0 Å². The molecule has 0 amide bonds. The van der Waals surface area contributed by atoms with Gasteiger partial charge in [-0.3, -0.25) is 0 Å². The van der Waals surface area contributed by atoms with E-state index in [4.69, 9.17) is 10.2 Å². The Balaban J connectivity index is 2.33. The van der Waals surface area contributed by atoms with Crippen molar-refractivity contribution in [3.05, 3.63) is 0 Å². The van der Waals surface area contributed by atoms with Crippen LogP contribution in [0.3, 0.4) is 0 Å². The van der Waals surface area contributed by atoms with Gasteiger partial charge in [-0.1, -0.05) is 6.92 Å². The molecule has 4 heteroatoms. The maximum absolute atomic E-state index is 9.09. The zero-order valence-electron chi connectivity index (χ0n) is 12.5. The summed E-state index contributed by atoms with van der Waals surface area (Å²) in [6, 6.07) is 0. The molecular weight excluding hydrogens is 240 g/mol. The Kier molecular flexibility index (Phi) is 8.62. The fourth-order valence-electron chi connectivity index (χ4n) is 3.00. The van der Waals surface area contributed by atoms with E-state index in [1.165, 1.54) is 25.9 Å². The summed E-state index contributed by atoms with van der Waals surface area (Å²) in [5.41, 5.74) is 0.244. The van der Waals surface area contributed by atoms with Crippen molar-refractivity contribution in [1.29, 1.82) is 0 Å². The molecule has 0 spiro atoms. The van der Waals surface area contributed by atoms with Crippen LogP contribution in [0, 0.1) is 0 Å². The molecule has 1 aliphatic rings. The molecule has 0 unspecified atom stereocenters. The number of hydrogen-bond acceptors (Lipinski definition) is 4. The normalized spacial score (nSPS) is 19.7. The SMILES string of the molecule is CCN1CCC(CCCO)(NCCCCCO)CC1. The van der Waals surface area contributed by atoms with Crippen LogP contribution in [-0.2, 0) is 0 Å². The molecule has 3 N–H and O–H groups in total. The molecule has 1 rings (SSSR count). The summed E-state index contributed by atoms with van der Waals surface area (Å²) in [4.78, 5) is 2.50. The Hall–Kier alpha value is -0.160. The molecule has 0 aromatic heterocycles. The Bertz CT molecular complexity index is 216. The first-order valence-corrected chi connectivity index (χ1v) is 7.95. The lowest BCUT2D eigenvalue weighted by Crippen LogP contribution is -2.53. The molecule has 0 aromatic rings. The molecule has 4 nitrogen and oxygen atoms in total. The van der Waals surface area contributed by atoms with Crippen molar-refractivity contribution in [3.8, 4) is 0 Å². The first kappa shape index (κ1) is 16.9. The number of aliphatic hydroxyl groups excluding tert-OH is 2. The van der Waals surface area contributed by atoms with E-state index in [0.29, 0.717) is 13.2 Å². The molecule has 0 atom stereocenters. The van der Waals surface area contributed by atoms with Gasteiger partial charge in [0.15, 0.2) is 0 Å². The highest BCUT2D eigenvalue weighted by Crippen LogP contribution is 2.27. The van der Waals surface area contributed by atoms with Crippen molar-refractivity contribution in [3.63, 3.8) is 0 Å². The number of nitrogens with one attached hydrogen (secondary N) is 1. The summed E-state index contributed by atoms with van der Waals surface area (Å²) in [5, 5.41) is 21.6. The van der Waals surface area contributed by atoms with E-state index >= 15 is 0 Å². The van der Waals surface area contributed by atoms with E-state index in [1.807, 2.05) is 0 Å². The highest BCUT2D eigenvalue weighted by atomic mass is 16.3. The fourth-order valence-corrected chi connectivity index (χ4v) is 3.00. The van der Waals surface area contributed by atoms with Gasteiger partial charge in [-0.15, -0.1) is 0 Å². The van der Waals surface area contributed by atoms with Gasteiger partial charge in [0.25, 0.3) is 0 Å². The molecule has 0 aromatic carbocycles. The van der Waals surface area contributed by atoms with Crippen LogP contribution in [0.5, 0.6) is 0 Å². The number of hydrogen-bond donors (Lipinski definition) is 3. The number of rotatable bonds is 10. The van der Waals surface area contributed by atoms with Crippen LogP contribution in [0.2, 0.25) is 0 Å². The second kappa shape index (κ2) is 9.70. The summed E-state index contributed by atoms with van der Waals surface area (Å²) in [6.45, 7) is 7.36. The first-order chi connectivity index (χ1) is 9.26. The lowest BCUT2D eigenvalue weighted by Gasteiger charge is -2.42. The van der Waals surface area contributed by atoms with Crippen LogP contribution in [0.1, 0.15) is 51.9 Å². The quantitative estimate of drug-likeness (QED) is 0.526. The highest BCUT2D eigenvalue weighted by molar-refractivity contribution is 4.93. The first-order valence-electron chi connectivity index (χ1n) is 7.95. The maximum Gasteiger partial charge on any atom is 0.0431 e. The van der Waals surface area contributed by atoms with Gasteiger partial charge in [-0.25, -0.2) is 0 Å². The molecule has 1 heterocycles. The Morgan fingerprint density at radius 1 is 1.00 bits per heavy atom. The minimum atomic E-state index is 0.244. The number of nitrogens with zero attached hydrogens (tertiary/aromatic N) is 1. The summed E-state index contributed by atoms with van der Waals surface area (Å²) < 4.78 is 0. The predicted octanol–water partition coefficient (Wildman–Crippen LogP) is 1.37. The van der Waals surface area contributed by atoms with Crippen molar-refractivity contribution in [2.75, 3.05) is 39.4 Å². The van der Waals surface area contributed by atoms with Gasteiger partial charge >= 0.3 is 0 Å². The standard InChI is InChI=1S/C15H32N2O2/c1-2-17-11-8-15(9-12-17,7-6-14-19)16-10-4-3-5-13-18/h16,18-19H,2-14H2,1H3. The van der Waals surface area contributed by atoms with Gasteiger partial charge in [-0.05, 0) is 71.1 Å². The van der Waals surface area contributed by atoms with Gasteiger partial charge in [0, 0.05) is 18.8 Å². The smallest absolute Gasteiger partial charge is 0.0431 e. The third-order valence-corrected chi connectivity index (χ3v) is 4.41. The van der Waals surface area contributed by atoms with E-state index in [2.05, 4.69) is 17.1 Å². The lowest BCUT2D eigenvalue weighted by atomic mass is 9.83. The molecular formula is C15H32N2O2. The van der Waals surface area contributed by atoms with Crippen molar-refractivity contribution in [2.45, 2.75) is 57.4 Å². The van der Waals surface area contributed by atoms with Crippen LogP contribution >= 0.6 is 0 Å². The summed E-state index contributed by atoms with van der Waals surface area (Å²) in [6.07, 6.45) is 7.52. The molecule has 1 aliphatic heterocycles. The van der Waals surface area contributed by atoms with Crippen LogP contribution in [0.25, 0.3) is 0 Å². The van der Waals surface area contributed by atoms with E-state index in [0.717, 1.165) is 45.2 Å². The Morgan fingerprint density at radius 2 is 1.68 bits per heavy atom. The summed E-state index contributed by atoms with van der Waals surface area (Å²) in [5.74, 6) is 0. The van der Waals surface area contributed by atoms with Gasteiger partial charge in [0.05, 0.1) is 0 Å². The molecule has 19 heavy (non-hydrogen) atoms.